The van der Waals surface area contributed by atoms with Gasteiger partial charge in [-0.1, -0.05) is 58.8 Å². The average Bonchev–Trinajstić information content (AvgIpc) is 2.76. The summed E-state index contributed by atoms with van der Waals surface area (Å²) in [5.41, 5.74) is 10.9. The molecule has 0 radical (unpaired) electrons. The topological polar surface area (TPSA) is 65.2 Å². The molecule has 2 bridgehead atoms. The van der Waals surface area contributed by atoms with Crippen LogP contribution in [0.5, 0.6) is 0 Å². The predicted octanol–water partition coefficient (Wildman–Crippen LogP) is 5.07. The number of hydrogen-bond donors (Lipinski definition) is 2. The Morgan fingerprint density at radius 2 is 1.00 bits per heavy atom. The third-order valence-corrected chi connectivity index (χ3v) is 6.17. The lowest BCUT2D eigenvalue weighted by molar-refractivity contribution is 0.319. The van der Waals surface area contributed by atoms with Gasteiger partial charge in [0, 0.05) is 11.8 Å². The molecule has 28 heavy (non-hydrogen) atoms. The number of benzene rings is 3. The first-order chi connectivity index (χ1) is 13.6. The average molecular weight is 368 g/mol. The molecule has 0 unspecified atom stereocenters. The standard InChI is InChI=1S/C24H20N2O2/c1-13(25-27)15-7-9-19-21(11-15)24-18-6-4-3-5-17(18)23(19)20-10-8-16(12-22(20)24)14(2)26-28/h3-12,23-24,27-28H,1-2H3/b25-13+,26-14+. The van der Waals surface area contributed by atoms with Gasteiger partial charge in [-0.2, -0.15) is 0 Å². The zero-order chi connectivity index (χ0) is 19.4. The van der Waals surface area contributed by atoms with Crippen molar-refractivity contribution in [2.24, 2.45) is 10.3 Å². The van der Waals surface area contributed by atoms with Gasteiger partial charge in [0.05, 0.1) is 11.4 Å². The summed E-state index contributed by atoms with van der Waals surface area (Å²) in [4.78, 5) is 0. The van der Waals surface area contributed by atoms with Crippen LogP contribution in [0.25, 0.3) is 0 Å². The maximum absolute atomic E-state index is 9.22. The monoisotopic (exact) mass is 368 g/mol. The van der Waals surface area contributed by atoms with Gasteiger partial charge < -0.3 is 10.4 Å². The highest BCUT2D eigenvalue weighted by Crippen LogP contribution is 2.55. The first kappa shape index (κ1) is 16.8. The smallest absolute Gasteiger partial charge is 0.0837 e. The molecule has 0 amide bonds. The van der Waals surface area contributed by atoms with Gasteiger partial charge in [-0.15, -0.1) is 0 Å². The first-order valence-electron chi connectivity index (χ1n) is 9.38. The molecule has 3 aliphatic carbocycles. The van der Waals surface area contributed by atoms with Crippen LogP contribution in [0.2, 0.25) is 0 Å². The van der Waals surface area contributed by atoms with Crippen LogP contribution in [0, 0.1) is 0 Å². The maximum atomic E-state index is 9.22. The summed E-state index contributed by atoms with van der Waals surface area (Å²) in [6, 6.07) is 21.3. The minimum absolute atomic E-state index is 0.115. The SMILES string of the molecule is C/C(=N\O)c1ccc2c(c1)C1c3ccccc3C2c2ccc(/C(C)=N/O)cc21. The van der Waals surface area contributed by atoms with Crippen molar-refractivity contribution >= 4 is 11.4 Å². The Morgan fingerprint density at radius 3 is 1.43 bits per heavy atom. The van der Waals surface area contributed by atoms with Crippen molar-refractivity contribution in [2.45, 2.75) is 25.7 Å². The predicted molar refractivity (Wildman–Crippen MR) is 109 cm³/mol. The van der Waals surface area contributed by atoms with Gasteiger partial charge in [0.2, 0.25) is 0 Å². The highest BCUT2D eigenvalue weighted by atomic mass is 16.4. The highest BCUT2D eigenvalue weighted by molar-refractivity contribution is 5.99. The lowest BCUT2D eigenvalue weighted by atomic mass is 9.60. The van der Waals surface area contributed by atoms with E-state index < -0.39 is 0 Å². The molecule has 0 aromatic heterocycles. The summed E-state index contributed by atoms with van der Waals surface area (Å²) >= 11 is 0. The van der Waals surface area contributed by atoms with Crippen molar-refractivity contribution in [1.82, 2.24) is 0 Å². The number of oxime groups is 2. The minimum atomic E-state index is 0.115. The fourth-order valence-electron chi connectivity index (χ4n) is 4.78. The van der Waals surface area contributed by atoms with Gasteiger partial charge in [0.25, 0.3) is 0 Å². The van der Waals surface area contributed by atoms with Crippen LogP contribution < -0.4 is 0 Å². The van der Waals surface area contributed by atoms with E-state index in [4.69, 9.17) is 0 Å². The maximum Gasteiger partial charge on any atom is 0.0837 e. The number of nitrogens with zero attached hydrogens (tertiary/aromatic N) is 2. The van der Waals surface area contributed by atoms with Crippen LogP contribution in [-0.4, -0.2) is 21.8 Å². The van der Waals surface area contributed by atoms with E-state index in [9.17, 15) is 10.4 Å². The lowest BCUT2D eigenvalue weighted by Gasteiger charge is -2.42. The van der Waals surface area contributed by atoms with Gasteiger partial charge in [-0.05, 0) is 70.5 Å². The summed E-state index contributed by atoms with van der Waals surface area (Å²) in [6.07, 6.45) is 0. The van der Waals surface area contributed by atoms with Gasteiger partial charge in [0.15, 0.2) is 0 Å². The van der Waals surface area contributed by atoms with Crippen LogP contribution in [0.4, 0.5) is 0 Å². The van der Waals surface area contributed by atoms with E-state index in [0.717, 1.165) is 11.1 Å². The zero-order valence-corrected chi connectivity index (χ0v) is 15.7. The van der Waals surface area contributed by atoms with Crippen molar-refractivity contribution < 1.29 is 10.4 Å². The molecule has 0 fully saturated rings. The van der Waals surface area contributed by atoms with Crippen LogP contribution in [0.15, 0.2) is 71.0 Å². The Bertz CT molecular complexity index is 1110. The summed E-state index contributed by atoms with van der Waals surface area (Å²) in [6.45, 7) is 3.62. The summed E-state index contributed by atoms with van der Waals surface area (Å²) in [5, 5.41) is 25.2. The summed E-state index contributed by atoms with van der Waals surface area (Å²) in [5.74, 6) is 0.302. The first-order valence-corrected chi connectivity index (χ1v) is 9.38. The second-order valence-corrected chi connectivity index (χ2v) is 7.55. The van der Waals surface area contributed by atoms with Gasteiger partial charge in [-0.25, -0.2) is 0 Å². The number of hydrogen-bond acceptors (Lipinski definition) is 4. The Balaban J connectivity index is 1.79. The summed E-state index contributed by atoms with van der Waals surface area (Å²) in [7, 11) is 0. The minimum Gasteiger partial charge on any atom is -0.411 e. The molecule has 6 rings (SSSR count). The second-order valence-electron chi connectivity index (χ2n) is 7.55. The molecule has 0 atom stereocenters. The van der Waals surface area contributed by atoms with E-state index >= 15 is 0 Å². The Labute approximate surface area is 163 Å². The van der Waals surface area contributed by atoms with Crippen molar-refractivity contribution in [3.8, 4) is 0 Å². The van der Waals surface area contributed by atoms with Crippen LogP contribution in [0.3, 0.4) is 0 Å². The van der Waals surface area contributed by atoms with E-state index in [1.807, 2.05) is 26.0 Å². The van der Waals surface area contributed by atoms with E-state index in [0.29, 0.717) is 11.4 Å². The molecule has 3 aromatic carbocycles. The van der Waals surface area contributed by atoms with Crippen molar-refractivity contribution in [3.05, 3.63) is 105 Å². The quantitative estimate of drug-likeness (QED) is 0.259. The van der Waals surface area contributed by atoms with Gasteiger partial charge in [0.1, 0.15) is 0 Å². The summed E-state index contributed by atoms with van der Waals surface area (Å²) < 4.78 is 0. The molecule has 0 saturated heterocycles. The Morgan fingerprint density at radius 1 is 0.607 bits per heavy atom. The second kappa shape index (κ2) is 6.06. The number of rotatable bonds is 2. The molecule has 4 heteroatoms. The van der Waals surface area contributed by atoms with Gasteiger partial charge >= 0.3 is 0 Å². The fraction of sp³-hybridized carbons (Fsp3) is 0.167. The molecule has 3 aromatic rings. The molecular formula is C24H20N2O2. The normalized spacial score (nSPS) is 19.8. The van der Waals surface area contributed by atoms with Crippen LogP contribution in [-0.2, 0) is 0 Å². The third kappa shape index (κ3) is 2.18. The Kier molecular flexibility index (Phi) is 3.63. The molecule has 0 aliphatic heterocycles. The van der Waals surface area contributed by atoms with Crippen molar-refractivity contribution in [2.75, 3.05) is 0 Å². The Hall–Kier alpha value is -3.40. The highest BCUT2D eigenvalue weighted by Gasteiger charge is 2.41. The molecule has 2 N–H and O–H groups in total. The third-order valence-electron chi connectivity index (χ3n) is 6.17. The van der Waals surface area contributed by atoms with Crippen LogP contribution >= 0.6 is 0 Å². The molecule has 138 valence electrons. The van der Waals surface area contributed by atoms with E-state index in [2.05, 4.69) is 58.8 Å². The molecule has 0 saturated carbocycles. The van der Waals surface area contributed by atoms with Gasteiger partial charge in [-0.3, -0.25) is 0 Å². The zero-order valence-electron chi connectivity index (χ0n) is 15.7. The molecule has 0 spiro atoms. The van der Waals surface area contributed by atoms with Crippen molar-refractivity contribution in [1.29, 1.82) is 0 Å². The van der Waals surface area contributed by atoms with E-state index in [-0.39, 0.29) is 11.8 Å². The molecular weight excluding hydrogens is 348 g/mol. The van der Waals surface area contributed by atoms with E-state index in [1.165, 1.54) is 33.4 Å². The van der Waals surface area contributed by atoms with E-state index in [1.54, 1.807) is 0 Å². The largest absolute Gasteiger partial charge is 0.411 e. The van der Waals surface area contributed by atoms with Crippen molar-refractivity contribution in [3.63, 3.8) is 0 Å². The molecule has 0 heterocycles. The molecule has 3 aliphatic rings. The molecule has 4 nitrogen and oxygen atoms in total. The fourth-order valence-corrected chi connectivity index (χ4v) is 4.78. The lowest BCUT2D eigenvalue weighted by Crippen LogP contribution is -2.28. The van der Waals surface area contributed by atoms with Crippen LogP contribution in [0.1, 0.15) is 70.2 Å².